The number of carbonyl (C=O) groups is 2. The van der Waals surface area contributed by atoms with E-state index in [4.69, 9.17) is 14.2 Å². The summed E-state index contributed by atoms with van der Waals surface area (Å²) in [6.07, 6.45) is 2.61. The van der Waals surface area contributed by atoms with E-state index in [0.29, 0.717) is 60.3 Å². The third kappa shape index (κ3) is 6.06. The maximum Gasteiger partial charge on any atom is 0.254 e. The average Bonchev–Trinajstić information content (AvgIpc) is 2.90. The number of nitrogens with zero attached hydrogens (tertiary/aromatic N) is 2. The smallest absolute Gasteiger partial charge is 0.254 e. The number of hydrogen-bond donors (Lipinski definition) is 1. The molecule has 1 aromatic heterocycles. The number of hydrogen-bond acceptors (Lipinski definition) is 6. The zero-order valence-corrected chi connectivity index (χ0v) is 19.5. The Morgan fingerprint density at radius 3 is 2.17 bits per heavy atom. The largest absolute Gasteiger partial charge is 0.497 e. The van der Waals surface area contributed by atoms with Gasteiger partial charge in [-0.1, -0.05) is 0 Å². The van der Waals surface area contributed by atoms with Crippen molar-refractivity contribution >= 4 is 17.5 Å². The van der Waals surface area contributed by atoms with Gasteiger partial charge in [0.2, 0.25) is 11.8 Å². The van der Waals surface area contributed by atoms with Gasteiger partial charge in [-0.3, -0.25) is 9.59 Å². The number of ether oxygens (including phenoxy) is 3. The SMILES string of the molecule is COc1cc(OC)cc(C(=O)N2CCC(C(=O)Nc3ccc(Oc4ccc(F)cc4)nc3)CC2)c1. The fourth-order valence-corrected chi connectivity index (χ4v) is 3.84. The van der Waals surface area contributed by atoms with Crippen molar-refractivity contribution in [2.24, 2.45) is 5.92 Å². The van der Waals surface area contributed by atoms with E-state index in [1.54, 1.807) is 35.2 Å². The normalized spacial score (nSPS) is 13.7. The molecule has 3 aromatic rings. The van der Waals surface area contributed by atoms with E-state index < -0.39 is 0 Å². The Bertz CT molecular complexity index is 1150. The summed E-state index contributed by atoms with van der Waals surface area (Å²) in [4.78, 5) is 31.6. The van der Waals surface area contributed by atoms with Crippen LogP contribution in [0, 0.1) is 11.7 Å². The number of nitrogens with one attached hydrogen (secondary N) is 1. The first kappa shape index (κ1) is 24.0. The lowest BCUT2D eigenvalue weighted by atomic mass is 9.95. The second kappa shape index (κ2) is 10.9. The van der Waals surface area contributed by atoms with Gasteiger partial charge in [0.1, 0.15) is 23.1 Å². The number of methoxy groups -OCH3 is 2. The fraction of sp³-hybridized carbons (Fsp3) is 0.269. The van der Waals surface area contributed by atoms with E-state index in [-0.39, 0.29) is 23.5 Å². The molecular weight excluding hydrogens is 453 g/mol. The van der Waals surface area contributed by atoms with Crippen molar-refractivity contribution in [3.63, 3.8) is 0 Å². The topological polar surface area (TPSA) is 90.0 Å². The standard InChI is InChI=1S/C26H26FN3O5/c1-33-22-13-18(14-23(15-22)34-2)26(32)30-11-9-17(10-12-30)25(31)29-20-5-8-24(28-16-20)35-21-6-3-19(27)4-7-21/h3-8,13-17H,9-12H2,1-2H3,(H,29,31). The quantitative estimate of drug-likeness (QED) is 0.536. The van der Waals surface area contributed by atoms with Crippen LogP contribution in [0.1, 0.15) is 23.2 Å². The third-order valence-corrected chi connectivity index (χ3v) is 5.79. The predicted molar refractivity (Wildman–Crippen MR) is 128 cm³/mol. The molecule has 8 nitrogen and oxygen atoms in total. The van der Waals surface area contributed by atoms with Crippen molar-refractivity contribution in [3.05, 3.63) is 72.2 Å². The van der Waals surface area contributed by atoms with E-state index in [1.807, 2.05) is 0 Å². The van der Waals surface area contributed by atoms with Crippen LogP contribution >= 0.6 is 0 Å². The molecule has 2 heterocycles. The molecule has 0 aliphatic carbocycles. The number of anilines is 1. The summed E-state index contributed by atoms with van der Waals surface area (Å²) in [6, 6.07) is 14.0. The fourth-order valence-electron chi connectivity index (χ4n) is 3.84. The zero-order valence-electron chi connectivity index (χ0n) is 19.5. The van der Waals surface area contributed by atoms with Crippen LogP contribution in [0.5, 0.6) is 23.1 Å². The molecule has 182 valence electrons. The van der Waals surface area contributed by atoms with E-state index in [0.717, 1.165) is 0 Å². The molecule has 0 bridgehead atoms. The molecule has 2 amide bonds. The molecule has 0 atom stereocenters. The highest BCUT2D eigenvalue weighted by Crippen LogP contribution is 2.26. The van der Waals surface area contributed by atoms with Gasteiger partial charge in [0.25, 0.3) is 5.91 Å². The molecule has 4 rings (SSSR count). The maximum absolute atomic E-state index is 13.0. The van der Waals surface area contributed by atoms with Gasteiger partial charge in [0, 0.05) is 36.7 Å². The van der Waals surface area contributed by atoms with Gasteiger partial charge in [-0.2, -0.15) is 0 Å². The van der Waals surface area contributed by atoms with Gasteiger partial charge in [-0.25, -0.2) is 9.37 Å². The van der Waals surface area contributed by atoms with Gasteiger partial charge in [0.05, 0.1) is 26.1 Å². The minimum Gasteiger partial charge on any atom is -0.497 e. The first-order chi connectivity index (χ1) is 16.9. The van der Waals surface area contributed by atoms with Gasteiger partial charge in [-0.15, -0.1) is 0 Å². The molecule has 0 spiro atoms. The highest BCUT2D eigenvalue weighted by Gasteiger charge is 2.28. The zero-order chi connectivity index (χ0) is 24.8. The molecule has 35 heavy (non-hydrogen) atoms. The Balaban J connectivity index is 1.30. The third-order valence-electron chi connectivity index (χ3n) is 5.79. The molecule has 0 unspecified atom stereocenters. The molecule has 0 radical (unpaired) electrons. The van der Waals surface area contributed by atoms with E-state index >= 15 is 0 Å². The molecule has 2 aromatic carbocycles. The van der Waals surface area contributed by atoms with E-state index in [9.17, 15) is 14.0 Å². The van der Waals surface area contributed by atoms with Crippen LogP contribution in [0.15, 0.2) is 60.8 Å². The number of likely N-dealkylation sites (tertiary alicyclic amines) is 1. The summed E-state index contributed by atoms with van der Waals surface area (Å²) in [7, 11) is 3.07. The Hall–Kier alpha value is -4.14. The summed E-state index contributed by atoms with van der Waals surface area (Å²) in [5.41, 5.74) is 1.03. The van der Waals surface area contributed by atoms with Gasteiger partial charge in [-0.05, 0) is 55.3 Å². The average molecular weight is 480 g/mol. The summed E-state index contributed by atoms with van der Waals surface area (Å²) in [5.74, 6) is 1.08. The highest BCUT2D eigenvalue weighted by molar-refractivity contribution is 5.96. The van der Waals surface area contributed by atoms with E-state index in [1.165, 1.54) is 44.7 Å². The number of benzene rings is 2. The Morgan fingerprint density at radius 1 is 0.943 bits per heavy atom. The van der Waals surface area contributed by atoms with Crippen molar-refractivity contribution in [1.82, 2.24) is 9.88 Å². The van der Waals surface area contributed by atoms with E-state index in [2.05, 4.69) is 10.3 Å². The monoisotopic (exact) mass is 479 g/mol. The van der Waals surface area contributed by atoms with Crippen LogP contribution in [0.4, 0.5) is 10.1 Å². The van der Waals surface area contributed by atoms with Crippen molar-refractivity contribution in [2.45, 2.75) is 12.8 Å². The van der Waals surface area contributed by atoms with Gasteiger partial charge in [0.15, 0.2) is 0 Å². The maximum atomic E-state index is 13.0. The van der Waals surface area contributed by atoms with Gasteiger partial charge >= 0.3 is 0 Å². The molecule has 9 heteroatoms. The Morgan fingerprint density at radius 2 is 1.60 bits per heavy atom. The number of halogens is 1. The summed E-state index contributed by atoms with van der Waals surface area (Å²) >= 11 is 0. The van der Waals surface area contributed by atoms with Gasteiger partial charge < -0.3 is 24.4 Å². The van der Waals surface area contributed by atoms with Crippen LogP contribution in [0.3, 0.4) is 0 Å². The van der Waals surface area contributed by atoms with Crippen LogP contribution < -0.4 is 19.5 Å². The number of aromatic nitrogens is 1. The minimum atomic E-state index is -0.348. The molecule has 1 aliphatic rings. The molecule has 1 N–H and O–H groups in total. The number of carbonyl (C=O) groups excluding carboxylic acids is 2. The lowest BCUT2D eigenvalue weighted by Crippen LogP contribution is -2.41. The Kier molecular flexibility index (Phi) is 7.45. The number of rotatable bonds is 7. The summed E-state index contributed by atoms with van der Waals surface area (Å²) < 4.78 is 29.1. The van der Waals surface area contributed by atoms with Crippen molar-refractivity contribution < 1.29 is 28.2 Å². The first-order valence-electron chi connectivity index (χ1n) is 11.2. The first-order valence-corrected chi connectivity index (χ1v) is 11.2. The number of amides is 2. The predicted octanol–water partition coefficient (Wildman–Crippen LogP) is 4.52. The van der Waals surface area contributed by atoms with Crippen molar-refractivity contribution in [2.75, 3.05) is 32.6 Å². The van der Waals surface area contributed by atoms with Crippen LogP contribution in [0.2, 0.25) is 0 Å². The van der Waals surface area contributed by atoms with Crippen molar-refractivity contribution in [3.8, 4) is 23.1 Å². The van der Waals surface area contributed by atoms with Crippen LogP contribution in [0.25, 0.3) is 0 Å². The molecule has 1 aliphatic heterocycles. The van der Waals surface area contributed by atoms with Crippen LogP contribution in [-0.2, 0) is 4.79 Å². The molecule has 1 fully saturated rings. The van der Waals surface area contributed by atoms with Crippen LogP contribution in [-0.4, -0.2) is 49.0 Å². The van der Waals surface area contributed by atoms with Crippen molar-refractivity contribution in [1.29, 1.82) is 0 Å². The lowest BCUT2D eigenvalue weighted by Gasteiger charge is -2.31. The lowest BCUT2D eigenvalue weighted by molar-refractivity contribution is -0.121. The Labute approximate surface area is 202 Å². The molecule has 0 saturated carbocycles. The number of pyridine rings is 1. The summed E-state index contributed by atoms with van der Waals surface area (Å²) in [6.45, 7) is 0.943. The number of piperidine rings is 1. The highest BCUT2D eigenvalue weighted by atomic mass is 19.1. The second-order valence-corrected chi connectivity index (χ2v) is 8.10. The minimum absolute atomic E-state index is 0.117. The molecular formula is C26H26FN3O5. The summed E-state index contributed by atoms with van der Waals surface area (Å²) in [5, 5.41) is 2.87. The second-order valence-electron chi connectivity index (χ2n) is 8.10. The molecule has 1 saturated heterocycles.